The number of carbonyl (C=O) groups excluding carboxylic acids is 1. The molecule has 0 N–H and O–H groups in total. The third kappa shape index (κ3) is 2.90. The highest BCUT2D eigenvalue weighted by Gasteiger charge is 2.33. The van der Waals surface area contributed by atoms with Crippen LogP contribution in [0.1, 0.15) is 30.2 Å². The third-order valence-electron chi connectivity index (χ3n) is 4.35. The summed E-state index contributed by atoms with van der Waals surface area (Å²) in [7, 11) is 0. The second-order valence-electron chi connectivity index (χ2n) is 6.11. The molecule has 1 amide bonds. The summed E-state index contributed by atoms with van der Waals surface area (Å²) in [6.45, 7) is 3.00. The summed E-state index contributed by atoms with van der Waals surface area (Å²) in [5.74, 6) is 1.09. The monoisotopic (exact) mass is 340 g/mol. The maximum absolute atomic E-state index is 13.4. The van der Waals surface area contributed by atoms with Gasteiger partial charge in [-0.2, -0.15) is 5.10 Å². The number of rotatable bonds is 4. The third-order valence-corrected chi connectivity index (χ3v) is 4.35. The molecule has 7 nitrogen and oxygen atoms in total. The predicted octanol–water partition coefficient (Wildman–Crippen LogP) is 1.77. The van der Waals surface area contributed by atoms with Gasteiger partial charge in [-0.3, -0.25) is 14.0 Å². The van der Waals surface area contributed by atoms with Gasteiger partial charge in [-0.05, 0) is 30.7 Å². The average Bonchev–Trinajstić information content (AvgIpc) is 3.23. The van der Waals surface area contributed by atoms with Crippen LogP contribution in [0.3, 0.4) is 0 Å². The number of hydrogen-bond donors (Lipinski definition) is 0. The zero-order chi connectivity index (χ0) is 17.4. The van der Waals surface area contributed by atoms with E-state index < -0.39 is 6.04 Å². The maximum atomic E-state index is 13.4. The average molecular weight is 340 g/mol. The Morgan fingerprint density at radius 3 is 2.88 bits per heavy atom. The molecule has 2 aromatic heterocycles. The van der Waals surface area contributed by atoms with Crippen LogP contribution in [0.2, 0.25) is 0 Å². The van der Waals surface area contributed by atoms with Gasteiger partial charge < -0.3 is 4.90 Å². The highest BCUT2D eigenvalue weighted by molar-refractivity contribution is 5.81. The van der Waals surface area contributed by atoms with Gasteiger partial charge >= 0.3 is 0 Å². The Balaban J connectivity index is 1.59. The van der Waals surface area contributed by atoms with Gasteiger partial charge in [-0.15, -0.1) is 10.2 Å². The van der Waals surface area contributed by atoms with Crippen LogP contribution >= 0.6 is 0 Å². The Hall–Kier alpha value is -3.03. The summed E-state index contributed by atoms with van der Waals surface area (Å²) < 4.78 is 17.0. The van der Waals surface area contributed by atoms with Crippen LogP contribution in [0, 0.1) is 5.82 Å². The smallest absolute Gasteiger partial charge is 0.246 e. The number of carbonyl (C=O) groups is 1. The fourth-order valence-corrected chi connectivity index (χ4v) is 3.18. The molecule has 1 aliphatic rings. The quantitative estimate of drug-likeness (QED) is 0.726. The van der Waals surface area contributed by atoms with Crippen molar-refractivity contribution in [3.63, 3.8) is 0 Å². The number of amides is 1. The minimum Gasteiger partial charge on any atom is -0.329 e. The summed E-state index contributed by atoms with van der Waals surface area (Å²) in [4.78, 5) is 14.4. The number of benzene rings is 1. The Morgan fingerprint density at radius 2 is 2.12 bits per heavy atom. The molecule has 1 atom stereocenters. The molecule has 0 saturated carbocycles. The van der Waals surface area contributed by atoms with Crippen LogP contribution < -0.4 is 0 Å². The Bertz CT molecular complexity index is 904. The van der Waals surface area contributed by atoms with Crippen molar-refractivity contribution in [1.29, 1.82) is 0 Å². The zero-order valence-electron chi connectivity index (χ0n) is 13.7. The first kappa shape index (κ1) is 15.5. The van der Waals surface area contributed by atoms with Crippen molar-refractivity contribution in [1.82, 2.24) is 29.4 Å². The lowest BCUT2D eigenvalue weighted by molar-refractivity contribution is -0.137. The fourth-order valence-electron chi connectivity index (χ4n) is 3.18. The van der Waals surface area contributed by atoms with Crippen LogP contribution in [0.5, 0.6) is 0 Å². The summed E-state index contributed by atoms with van der Waals surface area (Å²) in [6, 6.07) is 7.72. The molecule has 0 radical (unpaired) electrons. The Kier molecular flexibility index (Phi) is 3.79. The van der Waals surface area contributed by atoms with Gasteiger partial charge in [0.25, 0.3) is 0 Å². The van der Waals surface area contributed by atoms with Gasteiger partial charge in [0.15, 0.2) is 11.6 Å². The lowest BCUT2D eigenvalue weighted by Gasteiger charge is -2.32. The van der Waals surface area contributed by atoms with E-state index in [0.717, 1.165) is 11.4 Å². The van der Waals surface area contributed by atoms with Gasteiger partial charge in [0.1, 0.15) is 18.4 Å². The topological polar surface area (TPSA) is 68.8 Å². The summed E-state index contributed by atoms with van der Waals surface area (Å²) >= 11 is 0. The van der Waals surface area contributed by atoms with Gasteiger partial charge in [0, 0.05) is 18.9 Å². The molecule has 0 spiro atoms. The molecule has 0 unspecified atom stereocenters. The lowest BCUT2D eigenvalue weighted by atomic mass is 10.1. The van der Waals surface area contributed by atoms with Crippen molar-refractivity contribution in [3.05, 3.63) is 65.8 Å². The van der Waals surface area contributed by atoms with Crippen LogP contribution in [0.4, 0.5) is 4.39 Å². The molecular weight excluding hydrogens is 323 g/mol. The number of nitrogens with zero attached hydrogens (tertiary/aromatic N) is 6. The van der Waals surface area contributed by atoms with E-state index in [0.29, 0.717) is 25.5 Å². The maximum Gasteiger partial charge on any atom is 0.246 e. The van der Waals surface area contributed by atoms with Crippen molar-refractivity contribution < 1.29 is 9.18 Å². The van der Waals surface area contributed by atoms with E-state index >= 15 is 0 Å². The molecule has 0 aliphatic carbocycles. The van der Waals surface area contributed by atoms with E-state index in [2.05, 4.69) is 15.3 Å². The minimum absolute atomic E-state index is 0.0294. The SMILES string of the molecule is C[C@H]1C(=O)N(Cc2cccc(F)c2)Cc2nnc(Cn3cccn3)n21. The highest BCUT2D eigenvalue weighted by atomic mass is 19.1. The first-order valence-corrected chi connectivity index (χ1v) is 8.05. The molecule has 25 heavy (non-hydrogen) atoms. The Morgan fingerprint density at radius 1 is 1.24 bits per heavy atom. The molecule has 128 valence electrons. The van der Waals surface area contributed by atoms with E-state index in [9.17, 15) is 9.18 Å². The van der Waals surface area contributed by atoms with Gasteiger partial charge in [0.2, 0.25) is 5.91 Å². The molecular formula is C17H17FN6O. The first-order chi connectivity index (χ1) is 12.1. The predicted molar refractivity (Wildman–Crippen MR) is 86.7 cm³/mol. The largest absolute Gasteiger partial charge is 0.329 e. The normalized spacial score (nSPS) is 17.0. The van der Waals surface area contributed by atoms with E-state index in [1.54, 1.807) is 21.8 Å². The molecule has 3 heterocycles. The second kappa shape index (κ2) is 6.12. The van der Waals surface area contributed by atoms with Crippen molar-refractivity contribution in [2.45, 2.75) is 32.6 Å². The number of halogens is 1. The molecule has 0 fully saturated rings. The van der Waals surface area contributed by atoms with Crippen LogP contribution in [0.25, 0.3) is 0 Å². The van der Waals surface area contributed by atoms with E-state index in [1.165, 1.54) is 12.1 Å². The van der Waals surface area contributed by atoms with Crippen molar-refractivity contribution in [2.75, 3.05) is 0 Å². The van der Waals surface area contributed by atoms with Crippen LogP contribution in [0.15, 0.2) is 42.7 Å². The number of fused-ring (bicyclic) bond motifs is 1. The van der Waals surface area contributed by atoms with Gasteiger partial charge in [0.05, 0.1) is 6.54 Å². The van der Waals surface area contributed by atoms with E-state index in [4.69, 9.17) is 0 Å². The van der Waals surface area contributed by atoms with Crippen molar-refractivity contribution in [2.24, 2.45) is 0 Å². The first-order valence-electron chi connectivity index (χ1n) is 8.05. The Labute approximate surface area is 143 Å². The number of aromatic nitrogens is 5. The molecule has 0 saturated heterocycles. The van der Waals surface area contributed by atoms with Crippen molar-refractivity contribution in [3.8, 4) is 0 Å². The molecule has 8 heteroatoms. The van der Waals surface area contributed by atoms with Gasteiger partial charge in [-0.1, -0.05) is 12.1 Å². The number of hydrogen-bond acceptors (Lipinski definition) is 4. The van der Waals surface area contributed by atoms with E-state index in [1.807, 2.05) is 29.8 Å². The minimum atomic E-state index is -0.405. The zero-order valence-corrected chi connectivity index (χ0v) is 13.7. The summed E-state index contributed by atoms with van der Waals surface area (Å²) in [5, 5.41) is 12.6. The summed E-state index contributed by atoms with van der Waals surface area (Å²) in [6.07, 6.45) is 3.54. The highest BCUT2D eigenvalue weighted by Crippen LogP contribution is 2.24. The summed E-state index contributed by atoms with van der Waals surface area (Å²) in [5.41, 5.74) is 0.755. The second-order valence-corrected chi connectivity index (χ2v) is 6.11. The van der Waals surface area contributed by atoms with Crippen LogP contribution in [-0.2, 0) is 24.4 Å². The molecule has 4 rings (SSSR count). The fraction of sp³-hybridized carbons (Fsp3) is 0.294. The molecule has 1 aromatic carbocycles. The van der Waals surface area contributed by atoms with Crippen LogP contribution in [-0.4, -0.2) is 35.4 Å². The molecule has 1 aliphatic heterocycles. The van der Waals surface area contributed by atoms with E-state index in [-0.39, 0.29) is 11.7 Å². The molecule has 0 bridgehead atoms. The lowest BCUT2D eigenvalue weighted by Crippen LogP contribution is -2.41. The standard InChI is InChI=1S/C17H17FN6O/c1-12-17(25)22(9-13-4-2-5-14(18)8-13)10-15-20-21-16(24(12)15)11-23-7-3-6-19-23/h2-8,12H,9-11H2,1H3/t12-/m0/s1. The molecule has 3 aromatic rings. The van der Waals surface area contributed by atoms with Crippen molar-refractivity contribution >= 4 is 5.91 Å². The van der Waals surface area contributed by atoms with Gasteiger partial charge in [-0.25, -0.2) is 4.39 Å².